The fourth-order valence-electron chi connectivity index (χ4n) is 2.65. The van der Waals surface area contributed by atoms with Crippen molar-refractivity contribution in [2.45, 2.75) is 10.8 Å². The van der Waals surface area contributed by atoms with Gasteiger partial charge in [-0.25, -0.2) is 14.6 Å². The maximum absolute atomic E-state index is 5.36. The molecule has 0 unspecified atom stereocenters. The molecule has 0 atom stereocenters. The Morgan fingerprint density at radius 3 is 2.89 bits per heavy atom. The monoisotopic (exact) mass is 392 g/mol. The first kappa shape index (κ1) is 16.2. The van der Waals surface area contributed by atoms with E-state index in [-0.39, 0.29) is 0 Å². The summed E-state index contributed by atoms with van der Waals surface area (Å²) in [5.41, 5.74) is 2.69. The fraction of sp³-hybridized carbons (Fsp3) is 0.0556. The van der Waals surface area contributed by atoms with Crippen molar-refractivity contribution in [1.29, 1.82) is 0 Å². The van der Waals surface area contributed by atoms with Crippen molar-refractivity contribution in [3.05, 3.63) is 65.6 Å². The van der Waals surface area contributed by atoms with Gasteiger partial charge in [0.2, 0.25) is 11.7 Å². The van der Waals surface area contributed by atoms with Crippen molar-refractivity contribution in [2.75, 3.05) is 0 Å². The molecule has 5 aromatic rings. The molecule has 0 spiro atoms. The van der Waals surface area contributed by atoms with Gasteiger partial charge in [0.15, 0.2) is 5.65 Å². The predicted octanol–water partition coefficient (Wildman–Crippen LogP) is 4.22. The Morgan fingerprint density at radius 1 is 1.11 bits per heavy atom. The van der Waals surface area contributed by atoms with E-state index in [1.165, 1.54) is 11.8 Å². The number of rotatable bonds is 5. The minimum absolute atomic E-state index is 0.528. The summed E-state index contributed by atoms with van der Waals surface area (Å²) in [4.78, 5) is 13.2. The van der Waals surface area contributed by atoms with Gasteiger partial charge < -0.3 is 4.52 Å². The normalized spacial score (nSPS) is 11.3. The number of nitrogens with zero attached hydrogens (tertiary/aromatic N) is 6. The summed E-state index contributed by atoms with van der Waals surface area (Å²) in [5, 5.41) is 14.2. The summed E-state index contributed by atoms with van der Waals surface area (Å²) in [7, 11) is 0. The molecule has 0 saturated heterocycles. The second-order valence-electron chi connectivity index (χ2n) is 5.62. The van der Waals surface area contributed by atoms with Crippen LogP contribution in [-0.4, -0.2) is 29.9 Å². The van der Waals surface area contributed by atoms with Gasteiger partial charge in [-0.3, -0.25) is 0 Å². The van der Waals surface area contributed by atoms with Crippen LogP contribution in [-0.2, 0) is 5.75 Å². The third-order valence-corrected chi connectivity index (χ3v) is 5.58. The Hall–Kier alpha value is -3.04. The van der Waals surface area contributed by atoms with Crippen LogP contribution in [0.3, 0.4) is 0 Å². The van der Waals surface area contributed by atoms with E-state index >= 15 is 0 Å². The van der Waals surface area contributed by atoms with E-state index in [1.54, 1.807) is 23.9 Å². The zero-order valence-corrected chi connectivity index (χ0v) is 15.5. The number of para-hydroxylation sites is 1. The number of benzene rings is 1. The van der Waals surface area contributed by atoms with Gasteiger partial charge in [0.05, 0.1) is 23.0 Å². The highest BCUT2D eigenvalue weighted by atomic mass is 32.2. The quantitative estimate of drug-likeness (QED) is 0.327. The average molecular weight is 392 g/mol. The third kappa shape index (κ3) is 3.11. The minimum atomic E-state index is 0.528. The second kappa shape index (κ2) is 6.93. The van der Waals surface area contributed by atoms with Crippen molar-refractivity contribution in [3.8, 4) is 17.1 Å². The predicted molar refractivity (Wildman–Crippen MR) is 104 cm³/mol. The standard InChI is InChI=1S/C18H12N6OS2/c1-2-4-13(5-3-1)24-17-14(8-21-24)18(20-11-19-17)27-10-15-22-16(23-25-15)12-6-7-26-9-12/h1-9,11H,10H2. The summed E-state index contributed by atoms with van der Waals surface area (Å²) < 4.78 is 7.16. The lowest BCUT2D eigenvalue weighted by Crippen LogP contribution is -1.97. The van der Waals surface area contributed by atoms with Crippen LogP contribution in [0, 0.1) is 0 Å². The summed E-state index contributed by atoms with van der Waals surface area (Å²) in [6, 6.07) is 11.9. The van der Waals surface area contributed by atoms with Crippen molar-refractivity contribution in [2.24, 2.45) is 0 Å². The van der Waals surface area contributed by atoms with Crippen LogP contribution in [0.4, 0.5) is 0 Å². The van der Waals surface area contributed by atoms with Gasteiger partial charge >= 0.3 is 0 Å². The molecule has 0 fully saturated rings. The second-order valence-corrected chi connectivity index (χ2v) is 7.36. The lowest BCUT2D eigenvalue weighted by Gasteiger charge is -2.03. The van der Waals surface area contributed by atoms with E-state index in [0.29, 0.717) is 17.5 Å². The Labute approximate surface area is 162 Å². The van der Waals surface area contributed by atoms with Crippen molar-refractivity contribution in [3.63, 3.8) is 0 Å². The van der Waals surface area contributed by atoms with Crippen LogP contribution < -0.4 is 0 Å². The summed E-state index contributed by atoms with van der Waals surface area (Å²) in [5.74, 6) is 1.69. The first-order valence-corrected chi connectivity index (χ1v) is 10.0. The van der Waals surface area contributed by atoms with Gasteiger partial charge in [-0.05, 0) is 23.6 Å². The SMILES string of the molecule is c1ccc(-n2ncc3c(SCc4nc(-c5ccsc5)no4)ncnc32)cc1. The van der Waals surface area contributed by atoms with Crippen LogP contribution in [0.25, 0.3) is 28.1 Å². The number of hydrogen-bond acceptors (Lipinski definition) is 8. The molecule has 0 aliphatic rings. The fourth-order valence-corrected chi connectivity index (χ4v) is 4.08. The highest BCUT2D eigenvalue weighted by molar-refractivity contribution is 7.98. The van der Waals surface area contributed by atoms with Crippen molar-refractivity contribution in [1.82, 2.24) is 29.9 Å². The Balaban J connectivity index is 1.40. The van der Waals surface area contributed by atoms with E-state index < -0.39 is 0 Å². The summed E-state index contributed by atoms with van der Waals surface area (Å²) in [6.45, 7) is 0. The highest BCUT2D eigenvalue weighted by Gasteiger charge is 2.14. The molecule has 9 heteroatoms. The molecule has 132 valence electrons. The van der Waals surface area contributed by atoms with E-state index in [9.17, 15) is 0 Å². The lowest BCUT2D eigenvalue weighted by atomic mass is 10.3. The first-order valence-electron chi connectivity index (χ1n) is 8.10. The molecule has 0 aliphatic carbocycles. The molecule has 0 saturated carbocycles. The number of thioether (sulfide) groups is 1. The van der Waals surface area contributed by atoms with Crippen LogP contribution in [0.15, 0.2) is 69.2 Å². The number of aromatic nitrogens is 6. The zero-order valence-electron chi connectivity index (χ0n) is 13.9. The molecular formula is C18H12N6OS2. The van der Waals surface area contributed by atoms with Crippen LogP contribution >= 0.6 is 23.1 Å². The molecule has 27 heavy (non-hydrogen) atoms. The summed E-state index contributed by atoms with van der Waals surface area (Å²) >= 11 is 3.13. The topological polar surface area (TPSA) is 82.5 Å². The molecule has 0 N–H and O–H groups in total. The van der Waals surface area contributed by atoms with Gasteiger partial charge in [0.25, 0.3) is 0 Å². The van der Waals surface area contributed by atoms with Gasteiger partial charge in [-0.2, -0.15) is 21.4 Å². The highest BCUT2D eigenvalue weighted by Crippen LogP contribution is 2.28. The number of fused-ring (bicyclic) bond motifs is 1. The molecular weight excluding hydrogens is 380 g/mol. The van der Waals surface area contributed by atoms with E-state index in [4.69, 9.17) is 4.52 Å². The van der Waals surface area contributed by atoms with Crippen molar-refractivity contribution >= 4 is 34.1 Å². The maximum Gasteiger partial charge on any atom is 0.237 e. The van der Waals surface area contributed by atoms with Crippen molar-refractivity contribution < 1.29 is 4.52 Å². The molecule has 0 amide bonds. The largest absolute Gasteiger partial charge is 0.338 e. The molecule has 7 nitrogen and oxygen atoms in total. The van der Waals surface area contributed by atoms with Gasteiger partial charge in [0, 0.05) is 10.9 Å². The smallest absolute Gasteiger partial charge is 0.237 e. The van der Waals surface area contributed by atoms with Gasteiger partial charge in [-0.1, -0.05) is 35.1 Å². The third-order valence-electron chi connectivity index (χ3n) is 3.91. The van der Waals surface area contributed by atoms with Crippen LogP contribution in [0.2, 0.25) is 0 Å². The molecule has 4 heterocycles. The lowest BCUT2D eigenvalue weighted by molar-refractivity contribution is 0.391. The molecule has 5 rings (SSSR count). The average Bonchev–Trinajstić information content (AvgIpc) is 3.47. The first-order chi connectivity index (χ1) is 13.4. The number of thiophene rings is 1. The minimum Gasteiger partial charge on any atom is -0.338 e. The van der Waals surface area contributed by atoms with Crippen LogP contribution in [0.5, 0.6) is 0 Å². The van der Waals surface area contributed by atoms with E-state index in [1.807, 2.05) is 51.8 Å². The molecule has 4 aromatic heterocycles. The van der Waals surface area contributed by atoms with E-state index in [2.05, 4.69) is 25.2 Å². The Morgan fingerprint density at radius 2 is 2.04 bits per heavy atom. The number of hydrogen-bond donors (Lipinski definition) is 0. The van der Waals surface area contributed by atoms with Crippen LogP contribution in [0.1, 0.15) is 5.89 Å². The molecule has 1 aromatic carbocycles. The van der Waals surface area contributed by atoms with E-state index in [0.717, 1.165) is 27.3 Å². The zero-order chi connectivity index (χ0) is 18.1. The molecule has 0 aliphatic heterocycles. The Bertz CT molecular complexity index is 1180. The maximum atomic E-state index is 5.36. The van der Waals surface area contributed by atoms with Gasteiger partial charge in [0.1, 0.15) is 11.4 Å². The summed E-state index contributed by atoms with van der Waals surface area (Å²) in [6.07, 6.45) is 3.34. The Kier molecular flexibility index (Phi) is 4.15. The molecule has 0 radical (unpaired) electrons. The van der Waals surface area contributed by atoms with Gasteiger partial charge in [-0.15, -0.1) is 0 Å². The molecule has 0 bridgehead atoms.